The smallest absolute Gasteiger partial charge is 0.229 e. The first-order valence-electron chi connectivity index (χ1n) is 7.39. The van der Waals surface area contributed by atoms with Gasteiger partial charge in [0.1, 0.15) is 0 Å². The van der Waals surface area contributed by atoms with Crippen molar-refractivity contribution >= 4 is 37.7 Å². The van der Waals surface area contributed by atoms with E-state index < -0.39 is 10.0 Å². The minimum Gasteiger partial charge on any atom is -0.377 e. The lowest BCUT2D eigenvalue weighted by Gasteiger charge is -2.03. The molecule has 124 valence electrons. The van der Waals surface area contributed by atoms with Crippen LogP contribution < -0.4 is 4.72 Å². The zero-order valence-corrected chi connectivity index (χ0v) is 15.3. The number of halogens is 1. The molecule has 6 heteroatoms. The fourth-order valence-electron chi connectivity index (χ4n) is 1.86. The number of alkyl halides is 1. The Hall–Kier alpha value is -0.850. The molecule has 4 nitrogen and oxygen atoms in total. The second kappa shape index (κ2) is 10.8. The summed E-state index contributed by atoms with van der Waals surface area (Å²) in [5.74, 6) is 0. The van der Waals surface area contributed by atoms with E-state index in [0.717, 1.165) is 30.2 Å². The molecule has 0 saturated carbocycles. The van der Waals surface area contributed by atoms with Gasteiger partial charge in [0.2, 0.25) is 10.0 Å². The summed E-state index contributed by atoms with van der Waals surface area (Å²) >= 11 is 3.42. The molecule has 0 spiro atoms. The second-order valence-electron chi connectivity index (χ2n) is 5.08. The number of benzene rings is 1. The summed E-state index contributed by atoms with van der Waals surface area (Å²) in [5.41, 5.74) is 1.58. The van der Waals surface area contributed by atoms with Crippen molar-refractivity contribution in [3.8, 4) is 0 Å². The van der Waals surface area contributed by atoms with Gasteiger partial charge in [-0.2, -0.15) is 0 Å². The maximum absolute atomic E-state index is 11.1. The zero-order valence-electron chi connectivity index (χ0n) is 12.9. The SMILES string of the molecule is CS(=O)(=O)Nc1ccc(/C=C\COCCCCCCBr)cc1. The minimum atomic E-state index is -3.22. The van der Waals surface area contributed by atoms with Gasteiger partial charge in [0.05, 0.1) is 12.9 Å². The molecule has 1 N–H and O–H groups in total. The average Bonchev–Trinajstić information content (AvgIpc) is 2.46. The van der Waals surface area contributed by atoms with E-state index in [-0.39, 0.29) is 0 Å². The van der Waals surface area contributed by atoms with Crippen molar-refractivity contribution in [1.29, 1.82) is 0 Å². The Morgan fingerprint density at radius 2 is 1.82 bits per heavy atom. The largest absolute Gasteiger partial charge is 0.377 e. The molecule has 1 aromatic carbocycles. The van der Waals surface area contributed by atoms with E-state index in [2.05, 4.69) is 20.7 Å². The Morgan fingerprint density at radius 3 is 2.45 bits per heavy atom. The molecule has 0 unspecified atom stereocenters. The lowest BCUT2D eigenvalue weighted by molar-refractivity contribution is 0.157. The Balaban J connectivity index is 2.21. The van der Waals surface area contributed by atoms with Gasteiger partial charge in [-0.05, 0) is 30.5 Å². The van der Waals surface area contributed by atoms with E-state index in [1.54, 1.807) is 12.1 Å². The predicted octanol–water partition coefficient (Wildman–Crippen LogP) is 4.04. The van der Waals surface area contributed by atoms with Gasteiger partial charge in [-0.15, -0.1) is 0 Å². The normalized spacial score (nSPS) is 11.9. The lowest BCUT2D eigenvalue weighted by atomic mass is 10.2. The fraction of sp³-hybridized carbons (Fsp3) is 0.500. The first-order chi connectivity index (χ1) is 10.5. The van der Waals surface area contributed by atoms with Crippen molar-refractivity contribution in [2.75, 3.05) is 29.5 Å². The third kappa shape index (κ3) is 9.97. The highest BCUT2D eigenvalue weighted by molar-refractivity contribution is 9.09. The van der Waals surface area contributed by atoms with Crippen molar-refractivity contribution in [1.82, 2.24) is 0 Å². The molecular formula is C16H24BrNO3S. The highest BCUT2D eigenvalue weighted by Gasteiger charge is 2.00. The van der Waals surface area contributed by atoms with Gasteiger partial charge in [0, 0.05) is 17.6 Å². The van der Waals surface area contributed by atoms with E-state index in [1.165, 1.54) is 19.3 Å². The number of unbranched alkanes of at least 4 members (excludes halogenated alkanes) is 3. The van der Waals surface area contributed by atoms with Crippen LogP contribution in [0.1, 0.15) is 31.2 Å². The molecule has 1 aromatic rings. The number of rotatable bonds is 11. The van der Waals surface area contributed by atoms with E-state index in [4.69, 9.17) is 4.74 Å². The van der Waals surface area contributed by atoms with Crippen molar-refractivity contribution < 1.29 is 13.2 Å². The van der Waals surface area contributed by atoms with Crippen LogP contribution in [0.25, 0.3) is 6.08 Å². The second-order valence-corrected chi connectivity index (χ2v) is 7.62. The highest BCUT2D eigenvalue weighted by atomic mass is 79.9. The molecule has 0 aliphatic rings. The monoisotopic (exact) mass is 389 g/mol. The molecule has 0 saturated heterocycles. The number of hydrogen-bond donors (Lipinski definition) is 1. The quantitative estimate of drug-likeness (QED) is 0.458. The number of nitrogens with one attached hydrogen (secondary N) is 1. The van der Waals surface area contributed by atoms with Crippen LogP contribution in [0.4, 0.5) is 5.69 Å². The molecule has 0 heterocycles. The van der Waals surface area contributed by atoms with Crippen molar-refractivity contribution in [3.05, 3.63) is 35.9 Å². The highest BCUT2D eigenvalue weighted by Crippen LogP contribution is 2.12. The topological polar surface area (TPSA) is 55.4 Å². The van der Waals surface area contributed by atoms with Crippen LogP contribution >= 0.6 is 15.9 Å². The van der Waals surface area contributed by atoms with Crippen LogP contribution in [0.2, 0.25) is 0 Å². The zero-order chi connectivity index (χ0) is 16.3. The summed E-state index contributed by atoms with van der Waals surface area (Å²) in [6.07, 6.45) is 9.86. The van der Waals surface area contributed by atoms with Gasteiger partial charge in [0.15, 0.2) is 0 Å². The lowest BCUT2D eigenvalue weighted by Crippen LogP contribution is -2.09. The van der Waals surface area contributed by atoms with E-state index in [1.807, 2.05) is 24.3 Å². The van der Waals surface area contributed by atoms with Gasteiger partial charge in [-0.3, -0.25) is 4.72 Å². The molecule has 0 aliphatic carbocycles. The molecule has 0 bridgehead atoms. The van der Waals surface area contributed by atoms with Crippen LogP contribution in [-0.2, 0) is 14.8 Å². The van der Waals surface area contributed by atoms with E-state index in [0.29, 0.717) is 12.3 Å². The first-order valence-corrected chi connectivity index (χ1v) is 10.4. The molecular weight excluding hydrogens is 366 g/mol. The maximum atomic E-state index is 11.1. The Kier molecular flexibility index (Phi) is 9.43. The molecule has 1 rings (SSSR count). The van der Waals surface area contributed by atoms with Gasteiger partial charge in [-0.25, -0.2) is 8.42 Å². The van der Waals surface area contributed by atoms with Gasteiger partial charge >= 0.3 is 0 Å². The summed E-state index contributed by atoms with van der Waals surface area (Å²) in [4.78, 5) is 0. The van der Waals surface area contributed by atoms with Gasteiger partial charge in [-0.1, -0.05) is 53.1 Å². The Bertz CT molecular complexity index is 541. The summed E-state index contributed by atoms with van der Waals surface area (Å²) < 4.78 is 30.2. The van der Waals surface area contributed by atoms with Crippen molar-refractivity contribution in [3.63, 3.8) is 0 Å². The fourth-order valence-corrected chi connectivity index (χ4v) is 2.82. The summed E-state index contributed by atoms with van der Waals surface area (Å²) in [5, 5.41) is 1.08. The van der Waals surface area contributed by atoms with Gasteiger partial charge in [0.25, 0.3) is 0 Å². The molecule has 0 aromatic heterocycles. The van der Waals surface area contributed by atoms with Crippen LogP contribution in [0, 0.1) is 0 Å². The summed E-state index contributed by atoms with van der Waals surface area (Å²) in [6, 6.07) is 7.21. The Labute approximate surface area is 142 Å². The van der Waals surface area contributed by atoms with Crippen LogP contribution in [-0.4, -0.2) is 33.2 Å². The minimum absolute atomic E-state index is 0.569. The number of anilines is 1. The maximum Gasteiger partial charge on any atom is 0.229 e. The molecule has 0 atom stereocenters. The molecule has 22 heavy (non-hydrogen) atoms. The van der Waals surface area contributed by atoms with Crippen LogP contribution in [0.15, 0.2) is 30.3 Å². The van der Waals surface area contributed by atoms with Crippen LogP contribution in [0.5, 0.6) is 0 Å². The average molecular weight is 390 g/mol. The number of hydrogen-bond acceptors (Lipinski definition) is 3. The Morgan fingerprint density at radius 1 is 1.14 bits per heavy atom. The van der Waals surface area contributed by atoms with E-state index >= 15 is 0 Å². The van der Waals surface area contributed by atoms with Crippen molar-refractivity contribution in [2.24, 2.45) is 0 Å². The first kappa shape index (κ1) is 19.2. The molecule has 0 radical (unpaired) electrons. The third-order valence-corrected chi connectivity index (χ3v) is 4.08. The van der Waals surface area contributed by atoms with Crippen LogP contribution in [0.3, 0.4) is 0 Å². The van der Waals surface area contributed by atoms with Gasteiger partial charge < -0.3 is 4.74 Å². The molecule has 0 aliphatic heterocycles. The summed E-state index contributed by atoms with van der Waals surface area (Å²) in [7, 11) is -3.22. The summed E-state index contributed by atoms with van der Waals surface area (Å²) in [6.45, 7) is 1.39. The van der Waals surface area contributed by atoms with Crippen molar-refractivity contribution in [2.45, 2.75) is 25.7 Å². The number of sulfonamides is 1. The third-order valence-electron chi connectivity index (χ3n) is 2.91. The standard InChI is InChI=1S/C16H24BrNO3S/c1-22(19,20)18-16-10-8-15(9-11-16)7-6-14-21-13-5-3-2-4-12-17/h6-11,18H,2-5,12-14H2,1H3/b7-6-. The predicted molar refractivity (Wildman–Crippen MR) is 97.0 cm³/mol. The molecule has 0 fully saturated rings. The van der Waals surface area contributed by atoms with E-state index in [9.17, 15) is 8.42 Å². The number of ether oxygens (including phenoxy) is 1. The molecule has 0 amide bonds.